The average molecular weight is 275 g/mol. The number of carbonyl (C=O) groups is 1. The highest BCUT2D eigenvalue weighted by Gasteiger charge is 2.08. The van der Waals surface area contributed by atoms with Gasteiger partial charge in [0, 0.05) is 22.8 Å². The van der Waals surface area contributed by atoms with Crippen LogP contribution in [-0.4, -0.2) is 5.91 Å². The van der Waals surface area contributed by atoms with Gasteiger partial charge in [0.15, 0.2) is 0 Å². The third kappa shape index (κ3) is 3.48. The first kappa shape index (κ1) is 13.4. The molecule has 1 amide bonds. The van der Waals surface area contributed by atoms with Crippen LogP contribution in [0, 0.1) is 6.92 Å². The van der Waals surface area contributed by atoms with Gasteiger partial charge in [0.2, 0.25) is 0 Å². The summed E-state index contributed by atoms with van der Waals surface area (Å²) in [6.07, 6.45) is 0. The molecule has 2 aromatic rings. The first-order valence-electron chi connectivity index (χ1n) is 5.95. The number of hydrogen-bond donors (Lipinski definition) is 2. The van der Waals surface area contributed by atoms with Gasteiger partial charge in [0.25, 0.3) is 5.91 Å². The van der Waals surface area contributed by atoms with Crippen molar-refractivity contribution in [2.75, 3.05) is 5.73 Å². The van der Waals surface area contributed by atoms with Gasteiger partial charge >= 0.3 is 0 Å². The number of anilines is 1. The van der Waals surface area contributed by atoms with Crippen molar-refractivity contribution in [1.29, 1.82) is 0 Å². The fourth-order valence-electron chi connectivity index (χ4n) is 1.86. The summed E-state index contributed by atoms with van der Waals surface area (Å²) in [5.74, 6) is -0.114. The zero-order valence-electron chi connectivity index (χ0n) is 10.6. The van der Waals surface area contributed by atoms with Crippen LogP contribution in [0.5, 0.6) is 0 Å². The summed E-state index contributed by atoms with van der Waals surface area (Å²) in [6, 6.07) is 12.7. The molecule has 4 heteroatoms. The van der Waals surface area contributed by atoms with Crippen LogP contribution in [0.2, 0.25) is 5.02 Å². The Bertz CT molecular complexity index is 611. The summed E-state index contributed by atoms with van der Waals surface area (Å²) in [6.45, 7) is 2.31. The molecule has 0 aliphatic carbocycles. The highest BCUT2D eigenvalue weighted by molar-refractivity contribution is 6.30. The number of aryl methyl sites for hydroxylation is 1. The lowest BCUT2D eigenvalue weighted by Gasteiger charge is -2.08. The summed E-state index contributed by atoms with van der Waals surface area (Å²) in [4.78, 5) is 12.0. The van der Waals surface area contributed by atoms with Gasteiger partial charge in [-0.25, -0.2) is 0 Å². The Kier molecular flexibility index (Phi) is 4.07. The summed E-state index contributed by atoms with van der Waals surface area (Å²) >= 11 is 5.87. The van der Waals surface area contributed by atoms with E-state index in [9.17, 15) is 4.79 Å². The fraction of sp³-hybridized carbons (Fsp3) is 0.133. The molecule has 19 heavy (non-hydrogen) atoms. The Morgan fingerprint density at radius 3 is 2.74 bits per heavy atom. The van der Waals surface area contributed by atoms with Crippen molar-refractivity contribution in [3.05, 3.63) is 64.2 Å². The van der Waals surface area contributed by atoms with Crippen molar-refractivity contribution in [2.45, 2.75) is 13.5 Å². The molecule has 0 spiro atoms. The lowest BCUT2D eigenvalue weighted by atomic mass is 10.1. The van der Waals surface area contributed by atoms with Crippen LogP contribution in [0.25, 0.3) is 0 Å². The molecule has 2 aromatic carbocycles. The Hall–Kier alpha value is -2.00. The van der Waals surface area contributed by atoms with E-state index in [0.29, 0.717) is 22.8 Å². The molecular weight excluding hydrogens is 260 g/mol. The van der Waals surface area contributed by atoms with Crippen LogP contribution in [0.4, 0.5) is 5.69 Å². The van der Waals surface area contributed by atoms with Crippen molar-refractivity contribution in [2.24, 2.45) is 0 Å². The normalized spacial score (nSPS) is 10.2. The largest absolute Gasteiger partial charge is 0.399 e. The van der Waals surface area contributed by atoms with Crippen LogP contribution in [0.15, 0.2) is 42.5 Å². The van der Waals surface area contributed by atoms with Gasteiger partial charge in [-0.1, -0.05) is 23.7 Å². The van der Waals surface area contributed by atoms with E-state index in [-0.39, 0.29) is 5.91 Å². The number of benzene rings is 2. The molecule has 3 nitrogen and oxygen atoms in total. The van der Waals surface area contributed by atoms with Crippen LogP contribution >= 0.6 is 11.6 Å². The highest BCUT2D eigenvalue weighted by Crippen LogP contribution is 2.15. The molecular formula is C15H15ClN2O. The van der Waals surface area contributed by atoms with Gasteiger partial charge in [0.05, 0.1) is 0 Å². The molecule has 0 aromatic heterocycles. The van der Waals surface area contributed by atoms with Crippen LogP contribution < -0.4 is 11.1 Å². The smallest absolute Gasteiger partial charge is 0.251 e. The average Bonchev–Trinajstić information content (AvgIpc) is 2.36. The van der Waals surface area contributed by atoms with Crippen LogP contribution in [0.1, 0.15) is 21.5 Å². The van der Waals surface area contributed by atoms with E-state index < -0.39 is 0 Å². The van der Waals surface area contributed by atoms with E-state index in [1.807, 2.05) is 31.2 Å². The van der Waals surface area contributed by atoms with E-state index in [1.54, 1.807) is 18.2 Å². The Balaban J connectivity index is 2.05. The minimum Gasteiger partial charge on any atom is -0.399 e. The molecule has 0 fully saturated rings. The number of amides is 1. The maximum atomic E-state index is 12.0. The lowest BCUT2D eigenvalue weighted by Crippen LogP contribution is -2.23. The second kappa shape index (κ2) is 5.76. The second-order valence-corrected chi connectivity index (χ2v) is 4.82. The quantitative estimate of drug-likeness (QED) is 0.845. The summed E-state index contributed by atoms with van der Waals surface area (Å²) in [5.41, 5.74) is 8.84. The first-order chi connectivity index (χ1) is 9.06. The maximum Gasteiger partial charge on any atom is 0.251 e. The Morgan fingerprint density at radius 2 is 2.05 bits per heavy atom. The molecule has 0 bridgehead atoms. The molecule has 0 atom stereocenters. The number of nitrogens with one attached hydrogen (secondary N) is 1. The summed E-state index contributed by atoms with van der Waals surface area (Å²) in [5, 5.41) is 3.49. The van der Waals surface area contributed by atoms with Gasteiger partial charge in [-0.15, -0.1) is 0 Å². The predicted molar refractivity (Wildman–Crippen MR) is 78.2 cm³/mol. The molecule has 0 saturated carbocycles. The molecule has 0 aliphatic heterocycles. The van der Waals surface area contributed by atoms with E-state index >= 15 is 0 Å². The third-order valence-corrected chi connectivity index (χ3v) is 3.07. The number of rotatable bonds is 3. The fourth-order valence-corrected chi connectivity index (χ4v) is 2.09. The van der Waals surface area contributed by atoms with Crippen molar-refractivity contribution in [3.63, 3.8) is 0 Å². The molecule has 0 saturated heterocycles. The predicted octanol–water partition coefficient (Wildman–Crippen LogP) is 3.16. The van der Waals surface area contributed by atoms with Crippen LogP contribution in [0.3, 0.4) is 0 Å². The maximum absolute atomic E-state index is 12.0. The topological polar surface area (TPSA) is 55.1 Å². The second-order valence-electron chi connectivity index (χ2n) is 4.39. The van der Waals surface area contributed by atoms with E-state index in [1.165, 1.54) is 0 Å². The summed E-state index contributed by atoms with van der Waals surface area (Å²) in [7, 11) is 0. The lowest BCUT2D eigenvalue weighted by molar-refractivity contribution is 0.0950. The monoisotopic (exact) mass is 274 g/mol. The molecule has 0 aliphatic rings. The minimum atomic E-state index is -0.114. The summed E-state index contributed by atoms with van der Waals surface area (Å²) < 4.78 is 0. The van der Waals surface area contributed by atoms with E-state index in [2.05, 4.69) is 5.32 Å². The standard InChI is InChI=1S/C15H15ClN2O/c1-10-7-12(16)5-6-14(10)15(19)18-9-11-3-2-4-13(17)8-11/h2-8H,9,17H2,1H3,(H,18,19). The molecule has 0 unspecified atom stereocenters. The van der Waals surface area contributed by atoms with Crippen molar-refractivity contribution >= 4 is 23.2 Å². The molecule has 3 N–H and O–H groups in total. The number of hydrogen-bond acceptors (Lipinski definition) is 2. The Morgan fingerprint density at radius 1 is 1.26 bits per heavy atom. The van der Waals surface area contributed by atoms with Crippen molar-refractivity contribution in [1.82, 2.24) is 5.32 Å². The number of halogens is 1. The highest BCUT2D eigenvalue weighted by atomic mass is 35.5. The van der Waals surface area contributed by atoms with Gasteiger partial charge in [-0.05, 0) is 48.4 Å². The van der Waals surface area contributed by atoms with Gasteiger partial charge in [-0.2, -0.15) is 0 Å². The molecule has 0 heterocycles. The number of nitrogens with two attached hydrogens (primary N) is 1. The first-order valence-corrected chi connectivity index (χ1v) is 6.33. The van der Waals surface area contributed by atoms with E-state index in [4.69, 9.17) is 17.3 Å². The molecule has 0 radical (unpaired) electrons. The molecule has 98 valence electrons. The van der Waals surface area contributed by atoms with Gasteiger partial charge in [0.1, 0.15) is 0 Å². The van der Waals surface area contributed by atoms with Crippen LogP contribution in [-0.2, 0) is 6.54 Å². The molecule has 2 rings (SSSR count). The van der Waals surface area contributed by atoms with Crippen molar-refractivity contribution < 1.29 is 4.79 Å². The number of carbonyl (C=O) groups excluding carboxylic acids is 1. The zero-order chi connectivity index (χ0) is 13.8. The SMILES string of the molecule is Cc1cc(Cl)ccc1C(=O)NCc1cccc(N)c1. The Labute approximate surface area is 117 Å². The zero-order valence-corrected chi connectivity index (χ0v) is 11.4. The third-order valence-electron chi connectivity index (χ3n) is 2.84. The van der Waals surface area contributed by atoms with E-state index in [0.717, 1.165) is 11.1 Å². The van der Waals surface area contributed by atoms with Gasteiger partial charge in [-0.3, -0.25) is 4.79 Å². The number of nitrogen functional groups attached to an aromatic ring is 1. The van der Waals surface area contributed by atoms with Crippen molar-refractivity contribution in [3.8, 4) is 0 Å². The minimum absolute atomic E-state index is 0.114. The van der Waals surface area contributed by atoms with Gasteiger partial charge < -0.3 is 11.1 Å².